The Labute approximate surface area is 366 Å². The number of hydrogen-bond donors (Lipinski definition) is 0. The molecule has 13 aromatic rings. The molecule has 0 nitrogen and oxygen atoms in total. The lowest BCUT2D eigenvalue weighted by molar-refractivity contribution is 0.660. The molecule has 0 N–H and O–H groups in total. The minimum atomic E-state index is -0.129. The smallest absolute Gasteiger partial charge is 0.0159 e. The van der Waals surface area contributed by atoms with Crippen molar-refractivity contribution < 1.29 is 0 Å². The molecule has 63 heavy (non-hydrogen) atoms. The standard InChI is InChI=1S/C63H40/c1-63(2)56-20-8-7-18-48(56)49-31-29-43(35-57(49)63)54-36-55(45-16-4-3-15-44(45)47-30-25-41-23-21-37-11-9-13-39-26-32-51(47)60(41)58(37)39)46-17-5-6-19-50(46)62(54)53-34-28-42-24-22-38-12-10-14-40-27-33-52(53)61(42)59(38)40/h3-36H,1-2H3. The van der Waals surface area contributed by atoms with E-state index in [0.717, 1.165) is 0 Å². The Bertz CT molecular complexity index is 4020. The maximum absolute atomic E-state index is 2.53. The SMILES string of the molecule is CC1(C)c2ccccc2-c2ccc(-c3cc(-c4ccccc4-c4ccc5ccc6cccc7ccc4c5c67)c4ccccc4c3-c3ccc4ccc5cccc6ccc3c4c56)cc21. The Hall–Kier alpha value is -7.80. The summed E-state index contributed by atoms with van der Waals surface area (Å²) in [6.45, 7) is 4.78. The van der Waals surface area contributed by atoms with Crippen LogP contribution in [0, 0.1) is 0 Å². The average molecular weight is 797 g/mol. The normalized spacial score (nSPS) is 13.4. The second-order valence-electron chi connectivity index (χ2n) is 18.3. The highest BCUT2D eigenvalue weighted by atomic mass is 14.4. The van der Waals surface area contributed by atoms with Crippen LogP contribution in [0.4, 0.5) is 0 Å². The molecule has 292 valence electrons. The van der Waals surface area contributed by atoms with Crippen molar-refractivity contribution in [2.45, 2.75) is 19.3 Å². The average Bonchev–Trinajstić information content (AvgIpc) is 3.57. The molecule has 0 unspecified atom stereocenters. The number of fused-ring (bicyclic) bond motifs is 4. The molecular formula is C63H40. The van der Waals surface area contributed by atoms with E-state index in [-0.39, 0.29) is 5.41 Å². The molecule has 0 heterocycles. The molecule has 0 bridgehead atoms. The molecule has 0 atom stereocenters. The van der Waals surface area contributed by atoms with Gasteiger partial charge in [0, 0.05) is 5.41 Å². The van der Waals surface area contributed by atoms with Crippen molar-refractivity contribution in [1.29, 1.82) is 0 Å². The van der Waals surface area contributed by atoms with E-state index in [4.69, 9.17) is 0 Å². The van der Waals surface area contributed by atoms with Gasteiger partial charge in [0.05, 0.1) is 0 Å². The Kier molecular flexibility index (Phi) is 6.99. The fraction of sp³-hybridized carbons (Fsp3) is 0.0476. The topological polar surface area (TPSA) is 0 Å². The van der Waals surface area contributed by atoms with Crippen molar-refractivity contribution in [2.75, 3.05) is 0 Å². The van der Waals surface area contributed by atoms with Gasteiger partial charge in [-0.05, 0) is 154 Å². The zero-order valence-corrected chi connectivity index (χ0v) is 35.1. The summed E-state index contributed by atoms with van der Waals surface area (Å²) in [7, 11) is 0. The molecule has 0 heteroatoms. The zero-order chi connectivity index (χ0) is 41.6. The summed E-state index contributed by atoms with van der Waals surface area (Å²) in [5, 5.41) is 18.2. The van der Waals surface area contributed by atoms with Crippen LogP contribution in [-0.2, 0) is 5.41 Å². The number of benzene rings is 13. The summed E-state index contributed by atoms with van der Waals surface area (Å²) in [6.07, 6.45) is 0. The fourth-order valence-electron chi connectivity index (χ4n) is 11.9. The van der Waals surface area contributed by atoms with Crippen molar-refractivity contribution in [3.8, 4) is 55.6 Å². The summed E-state index contributed by atoms with van der Waals surface area (Å²) < 4.78 is 0. The number of rotatable bonds is 4. The van der Waals surface area contributed by atoms with Crippen molar-refractivity contribution in [3.63, 3.8) is 0 Å². The van der Waals surface area contributed by atoms with E-state index in [9.17, 15) is 0 Å². The van der Waals surface area contributed by atoms with E-state index in [2.05, 4.69) is 220 Å². The van der Waals surface area contributed by atoms with Crippen LogP contribution >= 0.6 is 0 Å². The van der Waals surface area contributed by atoms with Gasteiger partial charge < -0.3 is 0 Å². The van der Waals surface area contributed by atoms with Gasteiger partial charge in [0.1, 0.15) is 0 Å². The van der Waals surface area contributed by atoms with E-state index in [1.54, 1.807) is 0 Å². The Morgan fingerprint density at radius 3 is 1.37 bits per heavy atom. The monoisotopic (exact) mass is 796 g/mol. The van der Waals surface area contributed by atoms with Crippen molar-refractivity contribution >= 4 is 75.4 Å². The lowest BCUT2D eigenvalue weighted by Crippen LogP contribution is -2.14. The third-order valence-electron chi connectivity index (χ3n) is 14.8. The van der Waals surface area contributed by atoms with Gasteiger partial charge >= 0.3 is 0 Å². The van der Waals surface area contributed by atoms with Crippen LogP contribution in [-0.4, -0.2) is 0 Å². The molecular weight excluding hydrogens is 757 g/mol. The maximum Gasteiger partial charge on any atom is 0.0159 e. The van der Waals surface area contributed by atoms with Crippen LogP contribution in [0.3, 0.4) is 0 Å². The molecule has 0 saturated carbocycles. The van der Waals surface area contributed by atoms with Gasteiger partial charge in [0.2, 0.25) is 0 Å². The summed E-state index contributed by atoms with van der Waals surface area (Å²) >= 11 is 0. The maximum atomic E-state index is 2.53. The minimum absolute atomic E-state index is 0.129. The first-order chi connectivity index (χ1) is 31.0. The quantitative estimate of drug-likeness (QED) is 0.156. The van der Waals surface area contributed by atoms with E-state index in [1.165, 1.54) is 142 Å². The van der Waals surface area contributed by atoms with Crippen molar-refractivity contribution in [1.82, 2.24) is 0 Å². The third-order valence-corrected chi connectivity index (χ3v) is 14.8. The van der Waals surface area contributed by atoms with Crippen molar-refractivity contribution in [2.24, 2.45) is 0 Å². The molecule has 0 fully saturated rings. The van der Waals surface area contributed by atoms with Gasteiger partial charge in [-0.2, -0.15) is 0 Å². The summed E-state index contributed by atoms with van der Waals surface area (Å²) in [4.78, 5) is 0. The molecule has 1 aliphatic rings. The van der Waals surface area contributed by atoms with Crippen LogP contribution in [0.15, 0.2) is 206 Å². The van der Waals surface area contributed by atoms with Crippen LogP contribution in [0.1, 0.15) is 25.0 Å². The Balaban J connectivity index is 1.09. The Morgan fingerprint density at radius 2 is 0.714 bits per heavy atom. The second-order valence-corrected chi connectivity index (χ2v) is 18.3. The fourth-order valence-corrected chi connectivity index (χ4v) is 11.9. The molecule has 0 spiro atoms. The minimum Gasteiger partial charge on any atom is -0.0619 e. The van der Waals surface area contributed by atoms with E-state index >= 15 is 0 Å². The lowest BCUT2D eigenvalue weighted by Gasteiger charge is -2.24. The molecule has 0 aromatic heterocycles. The van der Waals surface area contributed by atoms with Gasteiger partial charge in [-0.1, -0.05) is 208 Å². The van der Waals surface area contributed by atoms with Gasteiger partial charge in [0.15, 0.2) is 0 Å². The van der Waals surface area contributed by atoms with Gasteiger partial charge in [0.25, 0.3) is 0 Å². The van der Waals surface area contributed by atoms with E-state index < -0.39 is 0 Å². The second kappa shape index (κ2) is 12.6. The van der Waals surface area contributed by atoms with Crippen LogP contribution in [0.5, 0.6) is 0 Å². The van der Waals surface area contributed by atoms with Gasteiger partial charge in [-0.25, -0.2) is 0 Å². The molecule has 0 radical (unpaired) electrons. The van der Waals surface area contributed by atoms with Crippen LogP contribution < -0.4 is 0 Å². The molecule has 0 saturated heterocycles. The van der Waals surface area contributed by atoms with Crippen molar-refractivity contribution in [3.05, 3.63) is 217 Å². The lowest BCUT2D eigenvalue weighted by atomic mass is 9.79. The highest BCUT2D eigenvalue weighted by Gasteiger charge is 2.35. The van der Waals surface area contributed by atoms with Gasteiger partial charge in [-0.15, -0.1) is 0 Å². The highest BCUT2D eigenvalue weighted by molar-refractivity contribution is 6.28. The van der Waals surface area contributed by atoms with E-state index in [1.807, 2.05) is 0 Å². The predicted octanol–water partition coefficient (Wildman–Crippen LogP) is 17.6. The molecule has 1 aliphatic carbocycles. The first-order valence-electron chi connectivity index (χ1n) is 22.2. The summed E-state index contributed by atoms with van der Waals surface area (Å²) in [5.74, 6) is 0. The van der Waals surface area contributed by atoms with Crippen LogP contribution in [0.2, 0.25) is 0 Å². The Morgan fingerprint density at radius 1 is 0.254 bits per heavy atom. The predicted molar refractivity (Wildman–Crippen MR) is 271 cm³/mol. The van der Waals surface area contributed by atoms with Gasteiger partial charge in [-0.3, -0.25) is 0 Å². The molecule has 0 aliphatic heterocycles. The summed E-state index contributed by atoms with van der Waals surface area (Å²) in [5.41, 5.74) is 15.3. The first kappa shape index (κ1) is 34.9. The number of hydrogen-bond acceptors (Lipinski definition) is 0. The molecule has 0 amide bonds. The van der Waals surface area contributed by atoms with E-state index in [0.29, 0.717) is 0 Å². The summed E-state index contributed by atoms with van der Waals surface area (Å²) in [6, 6.07) is 78.3. The zero-order valence-electron chi connectivity index (χ0n) is 35.1. The van der Waals surface area contributed by atoms with Crippen LogP contribution in [0.25, 0.3) is 131 Å². The largest absolute Gasteiger partial charge is 0.0619 e. The third kappa shape index (κ3) is 4.76. The first-order valence-corrected chi connectivity index (χ1v) is 22.2. The molecule has 14 rings (SSSR count). The molecule has 13 aromatic carbocycles. The highest BCUT2D eigenvalue weighted by Crippen LogP contribution is 2.53.